The van der Waals surface area contributed by atoms with Gasteiger partial charge in [0.2, 0.25) is 0 Å². The van der Waals surface area contributed by atoms with Crippen LogP contribution >= 0.6 is 11.6 Å². The lowest BCUT2D eigenvalue weighted by Gasteiger charge is -2.15. The second-order valence-corrected chi connectivity index (χ2v) is 8.46. The van der Waals surface area contributed by atoms with Crippen LogP contribution in [0.1, 0.15) is 54.2 Å². The van der Waals surface area contributed by atoms with Gasteiger partial charge in [-0.05, 0) is 42.7 Å². The maximum Gasteiger partial charge on any atom is 0.275 e. The molecule has 0 saturated carbocycles. The zero-order valence-corrected chi connectivity index (χ0v) is 18.9. The van der Waals surface area contributed by atoms with Crippen LogP contribution in [0.4, 0.5) is 8.78 Å². The summed E-state index contributed by atoms with van der Waals surface area (Å²) < 4.78 is 29.0. The molecule has 0 aliphatic carbocycles. The summed E-state index contributed by atoms with van der Waals surface area (Å²) in [7, 11) is 0. The third-order valence-electron chi connectivity index (χ3n) is 5.43. The minimum Gasteiger partial charge on any atom is -0.345 e. The van der Waals surface area contributed by atoms with Crippen LogP contribution in [0.5, 0.6) is 0 Å². The van der Waals surface area contributed by atoms with Gasteiger partial charge >= 0.3 is 0 Å². The fourth-order valence-corrected chi connectivity index (χ4v) is 3.97. The van der Waals surface area contributed by atoms with Crippen molar-refractivity contribution in [3.8, 4) is 11.4 Å². The Balaban J connectivity index is 1.78. The second-order valence-electron chi connectivity index (χ2n) is 8.06. The number of aromatic amines is 1. The number of nitrogens with one attached hydrogen (secondary N) is 2. The third-order valence-corrected chi connectivity index (χ3v) is 5.72. The van der Waals surface area contributed by atoms with Gasteiger partial charge in [-0.15, -0.1) is 5.10 Å². The Bertz CT molecular complexity index is 1410. The maximum absolute atomic E-state index is 14.5. The average Bonchev–Trinajstić information content (AvgIpc) is 3.16. The van der Waals surface area contributed by atoms with Gasteiger partial charge in [-0.3, -0.25) is 9.59 Å². The summed E-state index contributed by atoms with van der Waals surface area (Å²) in [5, 5.41) is 7.12. The van der Waals surface area contributed by atoms with Gasteiger partial charge in [-0.1, -0.05) is 43.6 Å². The first kappa shape index (κ1) is 22.7. The van der Waals surface area contributed by atoms with E-state index in [1.54, 1.807) is 25.1 Å². The highest BCUT2D eigenvalue weighted by Crippen LogP contribution is 2.28. The van der Waals surface area contributed by atoms with Gasteiger partial charge in [0.25, 0.3) is 11.5 Å². The summed E-state index contributed by atoms with van der Waals surface area (Å²) in [6.07, 6.45) is 1.46. The lowest BCUT2D eigenvalue weighted by Crippen LogP contribution is -2.27. The predicted molar refractivity (Wildman–Crippen MR) is 123 cm³/mol. The van der Waals surface area contributed by atoms with Gasteiger partial charge in [-0.25, -0.2) is 13.3 Å². The number of halogens is 3. The van der Waals surface area contributed by atoms with Crippen LogP contribution in [0.2, 0.25) is 5.02 Å². The van der Waals surface area contributed by atoms with Gasteiger partial charge in [-0.2, -0.15) is 0 Å². The Kier molecular flexibility index (Phi) is 6.03. The normalized spacial score (nSPS) is 12.3. The van der Waals surface area contributed by atoms with Crippen molar-refractivity contribution in [3.05, 3.63) is 92.4 Å². The van der Waals surface area contributed by atoms with Crippen molar-refractivity contribution in [3.63, 3.8) is 0 Å². The molecule has 0 radical (unpaired) electrons. The van der Waals surface area contributed by atoms with Gasteiger partial charge in [0, 0.05) is 11.8 Å². The van der Waals surface area contributed by atoms with E-state index in [4.69, 9.17) is 11.6 Å². The van der Waals surface area contributed by atoms with Crippen molar-refractivity contribution in [2.75, 3.05) is 0 Å². The zero-order valence-electron chi connectivity index (χ0n) is 18.1. The number of hydrogen-bond donors (Lipinski definition) is 2. The van der Waals surface area contributed by atoms with E-state index in [9.17, 15) is 18.4 Å². The van der Waals surface area contributed by atoms with Gasteiger partial charge in [0.05, 0.1) is 22.2 Å². The summed E-state index contributed by atoms with van der Waals surface area (Å²) in [4.78, 5) is 28.7. The summed E-state index contributed by atoms with van der Waals surface area (Å²) in [6, 6.07) is 9.84. The third kappa shape index (κ3) is 4.26. The van der Waals surface area contributed by atoms with E-state index in [0.29, 0.717) is 5.56 Å². The zero-order chi connectivity index (χ0) is 23.9. The van der Waals surface area contributed by atoms with E-state index in [-0.39, 0.29) is 39.2 Å². The summed E-state index contributed by atoms with van der Waals surface area (Å²) in [5.74, 6) is -1.66. The molecule has 0 aliphatic rings. The van der Waals surface area contributed by atoms with E-state index in [1.807, 2.05) is 13.8 Å². The molecule has 0 aliphatic heterocycles. The highest BCUT2D eigenvalue weighted by Gasteiger charge is 2.24. The predicted octanol–water partition coefficient (Wildman–Crippen LogP) is 5.24. The number of nitrogens with zero attached hydrogens (tertiary/aromatic N) is 2. The molecule has 2 aromatic carbocycles. The molecule has 170 valence electrons. The van der Waals surface area contributed by atoms with Crippen molar-refractivity contribution in [1.82, 2.24) is 19.9 Å². The molecule has 0 saturated heterocycles. The molecule has 33 heavy (non-hydrogen) atoms. The molecule has 6 nitrogen and oxygen atoms in total. The van der Waals surface area contributed by atoms with Gasteiger partial charge in [0.1, 0.15) is 11.3 Å². The standard InChI is InChI=1S/C24H21ClF2N4O2/c1-12(2)19-17(23(32)28-13(3)14-7-9-15(26)10-8-14)11-31-21(19)24(33)29-22(30-31)16-5-4-6-18(25)20(16)27/h4-13H,1-3H3,(H,28,32)(H,29,30,33). The molecule has 4 rings (SSSR count). The van der Waals surface area contributed by atoms with Crippen molar-refractivity contribution < 1.29 is 13.6 Å². The average molecular weight is 471 g/mol. The van der Waals surface area contributed by atoms with E-state index in [0.717, 1.165) is 5.56 Å². The lowest BCUT2D eigenvalue weighted by atomic mass is 9.99. The van der Waals surface area contributed by atoms with Crippen LogP contribution in [0.15, 0.2) is 53.5 Å². The molecule has 1 atom stereocenters. The molecule has 1 unspecified atom stereocenters. The molecular weight excluding hydrogens is 450 g/mol. The molecule has 2 heterocycles. The molecule has 2 N–H and O–H groups in total. The molecule has 0 bridgehead atoms. The lowest BCUT2D eigenvalue weighted by molar-refractivity contribution is 0.0938. The van der Waals surface area contributed by atoms with Crippen LogP contribution in [0.3, 0.4) is 0 Å². The Morgan fingerprint density at radius 3 is 2.48 bits per heavy atom. The largest absolute Gasteiger partial charge is 0.345 e. The van der Waals surface area contributed by atoms with E-state index < -0.39 is 23.3 Å². The van der Waals surface area contributed by atoms with Gasteiger partial charge < -0.3 is 10.3 Å². The van der Waals surface area contributed by atoms with Crippen molar-refractivity contribution >= 4 is 23.0 Å². The monoisotopic (exact) mass is 470 g/mol. The van der Waals surface area contributed by atoms with Gasteiger partial charge in [0.15, 0.2) is 11.6 Å². The second kappa shape index (κ2) is 8.78. The minimum absolute atomic E-state index is 0.00977. The topological polar surface area (TPSA) is 79.3 Å². The summed E-state index contributed by atoms with van der Waals surface area (Å²) >= 11 is 5.87. The molecule has 2 aromatic heterocycles. The van der Waals surface area contributed by atoms with Crippen molar-refractivity contribution in [2.24, 2.45) is 0 Å². The van der Waals surface area contributed by atoms with E-state index >= 15 is 0 Å². The molecule has 1 amide bonds. The number of rotatable bonds is 5. The van der Waals surface area contributed by atoms with Crippen LogP contribution in [0.25, 0.3) is 16.9 Å². The number of fused-ring (bicyclic) bond motifs is 1. The highest BCUT2D eigenvalue weighted by molar-refractivity contribution is 6.31. The van der Waals surface area contributed by atoms with E-state index in [2.05, 4.69) is 15.4 Å². The van der Waals surface area contributed by atoms with Crippen LogP contribution in [-0.4, -0.2) is 20.5 Å². The highest BCUT2D eigenvalue weighted by atomic mass is 35.5. The number of amides is 1. The number of H-pyrrole nitrogens is 1. The molecule has 4 aromatic rings. The van der Waals surface area contributed by atoms with Crippen molar-refractivity contribution in [1.29, 1.82) is 0 Å². The first-order valence-corrected chi connectivity index (χ1v) is 10.7. The molecule has 0 spiro atoms. The molecule has 0 fully saturated rings. The Morgan fingerprint density at radius 1 is 1.12 bits per heavy atom. The first-order valence-electron chi connectivity index (χ1n) is 10.3. The Morgan fingerprint density at radius 2 is 1.82 bits per heavy atom. The van der Waals surface area contributed by atoms with Crippen LogP contribution < -0.4 is 10.9 Å². The number of aromatic nitrogens is 3. The van der Waals surface area contributed by atoms with Crippen molar-refractivity contribution in [2.45, 2.75) is 32.7 Å². The maximum atomic E-state index is 14.5. The van der Waals surface area contributed by atoms with Crippen LogP contribution in [-0.2, 0) is 0 Å². The first-order chi connectivity index (χ1) is 15.7. The van der Waals surface area contributed by atoms with E-state index in [1.165, 1.54) is 35.0 Å². The van der Waals surface area contributed by atoms with Crippen LogP contribution in [0, 0.1) is 11.6 Å². The quantitative estimate of drug-likeness (QED) is 0.419. The smallest absolute Gasteiger partial charge is 0.275 e. The minimum atomic E-state index is -0.705. The fraction of sp³-hybridized carbons (Fsp3) is 0.208. The molecular formula is C24H21ClF2N4O2. The summed E-state index contributed by atoms with van der Waals surface area (Å²) in [6.45, 7) is 5.50. The SMILES string of the molecule is CC(C)c1c(C(=O)NC(C)c2ccc(F)cc2)cn2nc(-c3cccc(Cl)c3F)[nH]c(=O)c12. The fourth-order valence-electron chi connectivity index (χ4n) is 3.79. The number of carbonyl (C=O) groups excluding carboxylic acids is 1. The Hall–Kier alpha value is -3.52. The Labute approximate surface area is 193 Å². The summed E-state index contributed by atoms with van der Waals surface area (Å²) in [5.41, 5.74) is 1.27. The number of hydrogen-bond acceptors (Lipinski definition) is 3. The number of benzene rings is 2. The number of carbonyl (C=O) groups is 1. The molecule has 9 heteroatoms.